The summed E-state index contributed by atoms with van der Waals surface area (Å²) in [5.41, 5.74) is 8.32. The maximum Gasteiger partial charge on any atom is 0.133 e. The predicted molar refractivity (Wildman–Crippen MR) is 94.0 cm³/mol. The Kier molecular flexibility index (Phi) is 5.01. The number of anilines is 2. The topological polar surface area (TPSA) is 47.3 Å². The fourth-order valence-corrected chi connectivity index (χ4v) is 3.25. The van der Waals surface area contributed by atoms with Crippen molar-refractivity contribution in [2.75, 3.05) is 12.4 Å². The molecule has 0 atom stereocenters. The number of benzene rings is 2. The number of ether oxygens (including phenoxy) is 1. The highest BCUT2D eigenvalue weighted by atomic mass is 79.9. The zero-order valence-corrected chi connectivity index (χ0v) is 14.6. The molecule has 0 heterocycles. The Balaban J connectivity index is 2.38. The maximum atomic E-state index is 5.78. The monoisotopic (exact) mass is 414 g/mol. The first-order valence-corrected chi connectivity index (χ1v) is 7.71. The molecule has 20 heavy (non-hydrogen) atoms. The Hall–Kier alpha value is -1.11. The van der Waals surface area contributed by atoms with E-state index in [9.17, 15) is 0 Å². The third-order valence-corrected chi connectivity index (χ3v) is 4.18. The van der Waals surface area contributed by atoms with Gasteiger partial charge in [-0.2, -0.15) is 0 Å². The average molecular weight is 416 g/mol. The molecule has 0 aliphatic carbocycles. The second-order valence-corrected chi connectivity index (χ2v) is 6.15. The lowest BCUT2D eigenvalue weighted by atomic mass is 10.1. The molecule has 0 spiro atoms. The summed E-state index contributed by atoms with van der Waals surface area (Å²) in [4.78, 5) is 0.340. The largest absolute Gasteiger partial charge is 0.496 e. The third-order valence-electron chi connectivity index (χ3n) is 2.69. The molecule has 0 amide bonds. The van der Waals surface area contributed by atoms with Gasteiger partial charge in [-0.3, -0.25) is 0 Å². The lowest BCUT2D eigenvalue weighted by Crippen LogP contribution is -2.12. The fourth-order valence-electron chi connectivity index (χ4n) is 1.78. The van der Waals surface area contributed by atoms with Crippen LogP contribution >= 0.6 is 44.1 Å². The quantitative estimate of drug-likeness (QED) is 0.716. The molecule has 0 radical (unpaired) electrons. The lowest BCUT2D eigenvalue weighted by Gasteiger charge is -2.13. The van der Waals surface area contributed by atoms with E-state index in [4.69, 9.17) is 22.7 Å². The van der Waals surface area contributed by atoms with Crippen LogP contribution in [0.5, 0.6) is 5.75 Å². The van der Waals surface area contributed by atoms with Crippen LogP contribution in [0.1, 0.15) is 5.56 Å². The van der Waals surface area contributed by atoms with Crippen molar-refractivity contribution >= 4 is 60.4 Å². The van der Waals surface area contributed by atoms with Crippen molar-refractivity contribution in [2.24, 2.45) is 5.73 Å². The summed E-state index contributed by atoms with van der Waals surface area (Å²) in [6.45, 7) is 0. The number of nitrogens with two attached hydrogens (primary N) is 1. The number of thiocarbonyl (C=S) groups is 1. The second-order valence-electron chi connectivity index (χ2n) is 4.00. The highest BCUT2D eigenvalue weighted by Crippen LogP contribution is 2.31. The summed E-state index contributed by atoms with van der Waals surface area (Å²) in [6.07, 6.45) is 0. The highest BCUT2D eigenvalue weighted by molar-refractivity contribution is 9.10. The van der Waals surface area contributed by atoms with Crippen molar-refractivity contribution in [3.05, 3.63) is 50.9 Å². The van der Waals surface area contributed by atoms with Crippen LogP contribution in [0.15, 0.2) is 45.3 Å². The molecular formula is C14H12Br2N2OS. The minimum absolute atomic E-state index is 0.340. The van der Waals surface area contributed by atoms with E-state index in [2.05, 4.69) is 37.2 Å². The molecule has 3 N–H and O–H groups in total. The van der Waals surface area contributed by atoms with E-state index >= 15 is 0 Å². The molecule has 0 unspecified atom stereocenters. The molecule has 0 aliphatic heterocycles. The van der Waals surface area contributed by atoms with Gasteiger partial charge in [-0.15, -0.1) is 0 Å². The van der Waals surface area contributed by atoms with Crippen molar-refractivity contribution < 1.29 is 4.74 Å². The van der Waals surface area contributed by atoms with Gasteiger partial charge >= 0.3 is 0 Å². The molecule has 0 aromatic heterocycles. The molecule has 104 valence electrons. The Bertz CT molecular complexity index is 662. The van der Waals surface area contributed by atoms with E-state index in [-0.39, 0.29) is 0 Å². The Labute approximate surface area is 139 Å². The van der Waals surface area contributed by atoms with Crippen LogP contribution in [-0.4, -0.2) is 12.1 Å². The third kappa shape index (κ3) is 3.31. The van der Waals surface area contributed by atoms with Gasteiger partial charge in [0.05, 0.1) is 11.6 Å². The summed E-state index contributed by atoms with van der Waals surface area (Å²) >= 11 is 12.0. The van der Waals surface area contributed by atoms with Gasteiger partial charge in [-0.05, 0) is 62.2 Å². The SMILES string of the molecule is COc1ccc(Nc2cccc(Br)c2C(N)=S)cc1Br. The predicted octanol–water partition coefficient (Wildman–Crippen LogP) is 4.60. The van der Waals surface area contributed by atoms with Crippen LogP contribution in [0.2, 0.25) is 0 Å². The van der Waals surface area contributed by atoms with Gasteiger partial charge in [0.15, 0.2) is 0 Å². The number of nitrogens with one attached hydrogen (secondary N) is 1. The van der Waals surface area contributed by atoms with Crippen LogP contribution in [0, 0.1) is 0 Å². The first-order valence-electron chi connectivity index (χ1n) is 5.72. The molecule has 3 nitrogen and oxygen atoms in total. The van der Waals surface area contributed by atoms with Crippen LogP contribution in [-0.2, 0) is 0 Å². The Morgan fingerprint density at radius 1 is 1.20 bits per heavy atom. The normalized spacial score (nSPS) is 10.2. The van der Waals surface area contributed by atoms with Gasteiger partial charge < -0.3 is 15.8 Å². The zero-order chi connectivity index (χ0) is 14.7. The number of rotatable bonds is 4. The van der Waals surface area contributed by atoms with E-state index in [0.29, 0.717) is 4.99 Å². The van der Waals surface area contributed by atoms with Gasteiger partial charge in [0, 0.05) is 21.4 Å². The maximum absolute atomic E-state index is 5.78. The van der Waals surface area contributed by atoms with Gasteiger partial charge in [-0.25, -0.2) is 0 Å². The van der Waals surface area contributed by atoms with E-state index in [0.717, 1.165) is 31.6 Å². The zero-order valence-electron chi connectivity index (χ0n) is 10.6. The van der Waals surface area contributed by atoms with Crippen molar-refractivity contribution in [3.63, 3.8) is 0 Å². The number of hydrogen-bond acceptors (Lipinski definition) is 3. The first-order chi connectivity index (χ1) is 9.52. The minimum atomic E-state index is 0.340. The van der Waals surface area contributed by atoms with Gasteiger partial charge in [0.1, 0.15) is 10.7 Å². The first kappa shape index (κ1) is 15.3. The molecule has 0 fully saturated rings. The molecule has 6 heteroatoms. The van der Waals surface area contributed by atoms with Crippen LogP contribution < -0.4 is 15.8 Å². The average Bonchev–Trinajstić information content (AvgIpc) is 2.38. The fraction of sp³-hybridized carbons (Fsp3) is 0.0714. The molecule has 0 bridgehead atoms. The molecule has 2 aromatic rings. The molecule has 2 aromatic carbocycles. The number of halogens is 2. The van der Waals surface area contributed by atoms with Crippen LogP contribution in [0.3, 0.4) is 0 Å². The van der Waals surface area contributed by atoms with E-state index in [1.54, 1.807) is 7.11 Å². The van der Waals surface area contributed by atoms with E-state index in [1.165, 1.54) is 0 Å². The van der Waals surface area contributed by atoms with E-state index < -0.39 is 0 Å². The van der Waals surface area contributed by atoms with Crippen molar-refractivity contribution in [3.8, 4) is 5.75 Å². The Morgan fingerprint density at radius 3 is 2.55 bits per heavy atom. The summed E-state index contributed by atoms with van der Waals surface area (Å²) in [5, 5.41) is 3.30. The van der Waals surface area contributed by atoms with Gasteiger partial charge in [0.25, 0.3) is 0 Å². The molecule has 0 saturated carbocycles. The van der Waals surface area contributed by atoms with Gasteiger partial charge in [0.2, 0.25) is 0 Å². The summed E-state index contributed by atoms with van der Waals surface area (Å²) in [7, 11) is 1.63. The molecule has 0 aliphatic rings. The number of hydrogen-bond donors (Lipinski definition) is 2. The molecule has 0 saturated heterocycles. The van der Waals surface area contributed by atoms with Crippen molar-refractivity contribution in [1.82, 2.24) is 0 Å². The number of methoxy groups -OCH3 is 1. The van der Waals surface area contributed by atoms with Crippen LogP contribution in [0.4, 0.5) is 11.4 Å². The highest BCUT2D eigenvalue weighted by Gasteiger charge is 2.10. The minimum Gasteiger partial charge on any atom is -0.496 e. The van der Waals surface area contributed by atoms with E-state index in [1.807, 2.05) is 36.4 Å². The molecular weight excluding hydrogens is 404 g/mol. The summed E-state index contributed by atoms with van der Waals surface area (Å²) < 4.78 is 6.94. The smallest absolute Gasteiger partial charge is 0.133 e. The summed E-state index contributed by atoms with van der Waals surface area (Å²) in [6, 6.07) is 11.5. The van der Waals surface area contributed by atoms with Crippen LogP contribution in [0.25, 0.3) is 0 Å². The van der Waals surface area contributed by atoms with Crippen molar-refractivity contribution in [1.29, 1.82) is 0 Å². The van der Waals surface area contributed by atoms with Crippen molar-refractivity contribution in [2.45, 2.75) is 0 Å². The molecule has 2 rings (SSSR count). The standard InChI is InChI=1S/C14H12Br2N2OS/c1-19-12-6-5-8(7-10(12)16)18-11-4-2-3-9(15)13(11)14(17)20/h2-7,18H,1H3,(H2,17,20). The second kappa shape index (κ2) is 6.56. The van der Waals surface area contributed by atoms with Gasteiger partial charge in [-0.1, -0.05) is 18.3 Å². The Morgan fingerprint density at radius 2 is 1.95 bits per heavy atom. The summed E-state index contributed by atoms with van der Waals surface area (Å²) in [5.74, 6) is 0.777. The lowest BCUT2D eigenvalue weighted by molar-refractivity contribution is 0.412.